The number of likely N-dealkylation sites (tertiary alicyclic amines) is 1. The van der Waals surface area contributed by atoms with Gasteiger partial charge in [-0.25, -0.2) is 0 Å². The smallest absolute Gasteiger partial charge is 0.255 e. The van der Waals surface area contributed by atoms with E-state index >= 15 is 0 Å². The zero-order valence-electron chi connectivity index (χ0n) is 15.9. The van der Waals surface area contributed by atoms with E-state index in [4.69, 9.17) is 4.74 Å². The molecule has 2 saturated heterocycles. The number of carbonyl (C=O) groups is 2. The van der Waals surface area contributed by atoms with Crippen LogP contribution in [0.15, 0.2) is 42.6 Å². The van der Waals surface area contributed by atoms with Gasteiger partial charge in [-0.15, -0.1) is 0 Å². The van der Waals surface area contributed by atoms with Crippen LogP contribution in [-0.4, -0.2) is 54.0 Å². The number of ether oxygens (including phenoxy) is 1. The molecule has 6 nitrogen and oxygen atoms in total. The third-order valence-corrected chi connectivity index (χ3v) is 5.34. The summed E-state index contributed by atoms with van der Waals surface area (Å²) < 4.78 is 5.54. The summed E-state index contributed by atoms with van der Waals surface area (Å²) in [5, 5.41) is 2.94. The normalized spacial score (nSPS) is 19.0. The number of carbonyl (C=O) groups excluding carboxylic acids is 2. The summed E-state index contributed by atoms with van der Waals surface area (Å²) in [5.41, 5.74) is 2.79. The molecule has 6 heteroatoms. The van der Waals surface area contributed by atoms with Gasteiger partial charge in [0.2, 0.25) is 0 Å². The van der Waals surface area contributed by atoms with Gasteiger partial charge in [-0.2, -0.15) is 0 Å². The Morgan fingerprint density at radius 2 is 1.96 bits per heavy atom. The number of benzene rings is 1. The van der Waals surface area contributed by atoms with Crippen LogP contribution in [0.2, 0.25) is 0 Å². The van der Waals surface area contributed by atoms with Gasteiger partial charge in [0.25, 0.3) is 11.8 Å². The van der Waals surface area contributed by atoms with Crippen LogP contribution in [0.5, 0.6) is 0 Å². The van der Waals surface area contributed by atoms with Crippen molar-refractivity contribution in [2.45, 2.75) is 31.8 Å². The standard InChI is InChI=1S/C22H25N3O3/c26-21(24-15-19-7-4-12-28-19)17-6-3-5-16(13-17)20-9-8-18(14-23-20)22(27)25-10-1-2-11-25/h3,5-6,8-9,13-14,19H,1-2,4,7,10-12,15H2,(H,24,26)/t19-/m0/s1. The van der Waals surface area contributed by atoms with Crippen molar-refractivity contribution in [1.82, 2.24) is 15.2 Å². The predicted molar refractivity (Wildman–Crippen MR) is 106 cm³/mol. The average Bonchev–Trinajstić information content (AvgIpc) is 3.46. The molecule has 0 radical (unpaired) electrons. The van der Waals surface area contributed by atoms with Gasteiger partial charge in [0.15, 0.2) is 0 Å². The lowest BCUT2D eigenvalue weighted by Crippen LogP contribution is -2.31. The molecule has 1 aromatic carbocycles. The minimum atomic E-state index is -0.113. The number of nitrogens with zero attached hydrogens (tertiary/aromatic N) is 2. The van der Waals surface area contributed by atoms with Gasteiger partial charge in [0, 0.05) is 43.6 Å². The largest absolute Gasteiger partial charge is 0.376 e. The highest BCUT2D eigenvalue weighted by molar-refractivity contribution is 5.96. The highest BCUT2D eigenvalue weighted by Crippen LogP contribution is 2.20. The van der Waals surface area contributed by atoms with E-state index in [1.54, 1.807) is 12.3 Å². The molecule has 2 amide bonds. The van der Waals surface area contributed by atoms with Crippen molar-refractivity contribution >= 4 is 11.8 Å². The highest BCUT2D eigenvalue weighted by Gasteiger charge is 2.20. The van der Waals surface area contributed by atoms with E-state index in [-0.39, 0.29) is 17.9 Å². The Labute approximate surface area is 164 Å². The van der Waals surface area contributed by atoms with Gasteiger partial charge in [-0.3, -0.25) is 14.6 Å². The maximum absolute atomic E-state index is 12.4. The number of amides is 2. The lowest BCUT2D eigenvalue weighted by Gasteiger charge is -2.15. The molecule has 2 aromatic rings. The van der Waals surface area contributed by atoms with E-state index in [1.807, 2.05) is 35.2 Å². The first-order chi connectivity index (χ1) is 13.7. The minimum absolute atomic E-state index is 0.0406. The number of nitrogens with one attached hydrogen (secondary N) is 1. The van der Waals surface area contributed by atoms with Crippen molar-refractivity contribution in [2.24, 2.45) is 0 Å². The quantitative estimate of drug-likeness (QED) is 0.867. The average molecular weight is 379 g/mol. The molecule has 3 heterocycles. The number of hydrogen-bond acceptors (Lipinski definition) is 4. The third kappa shape index (κ3) is 4.22. The fraction of sp³-hybridized carbons (Fsp3) is 0.409. The molecular formula is C22H25N3O3. The molecule has 0 bridgehead atoms. The summed E-state index contributed by atoms with van der Waals surface area (Å²) in [6, 6.07) is 11.0. The Kier molecular flexibility index (Phi) is 5.67. The van der Waals surface area contributed by atoms with Crippen LogP contribution < -0.4 is 5.32 Å². The summed E-state index contributed by atoms with van der Waals surface area (Å²) >= 11 is 0. The molecule has 0 saturated carbocycles. The maximum atomic E-state index is 12.4. The van der Waals surface area contributed by atoms with Gasteiger partial charge in [0.1, 0.15) is 0 Å². The minimum Gasteiger partial charge on any atom is -0.376 e. The van der Waals surface area contributed by atoms with E-state index in [2.05, 4.69) is 10.3 Å². The SMILES string of the molecule is O=C(NC[C@@H]1CCCO1)c1cccc(-c2ccc(C(=O)N3CCCC3)cn2)c1. The molecule has 1 atom stereocenters. The molecule has 2 aliphatic rings. The van der Waals surface area contributed by atoms with Gasteiger partial charge in [-0.05, 0) is 49.9 Å². The summed E-state index contributed by atoms with van der Waals surface area (Å²) in [6.45, 7) is 2.96. The van der Waals surface area contributed by atoms with Crippen LogP contribution in [0.25, 0.3) is 11.3 Å². The molecule has 0 aliphatic carbocycles. The van der Waals surface area contributed by atoms with E-state index in [0.29, 0.717) is 17.7 Å². The molecule has 28 heavy (non-hydrogen) atoms. The van der Waals surface area contributed by atoms with Crippen molar-refractivity contribution in [3.05, 3.63) is 53.7 Å². The fourth-order valence-corrected chi connectivity index (χ4v) is 3.73. The Hall–Kier alpha value is -2.73. The van der Waals surface area contributed by atoms with E-state index in [0.717, 1.165) is 56.6 Å². The van der Waals surface area contributed by atoms with Crippen LogP contribution in [0.4, 0.5) is 0 Å². The Bertz CT molecular complexity index is 838. The predicted octanol–water partition coefficient (Wildman–Crippen LogP) is 2.89. The fourth-order valence-electron chi connectivity index (χ4n) is 3.73. The maximum Gasteiger partial charge on any atom is 0.255 e. The van der Waals surface area contributed by atoms with Crippen molar-refractivity contribution in [2.75, 3.05) is 26.2 Å². The number of rotatable bonds is 5. The summed E-state index contributed by atoms with van der Waals surface area (Å²) in [5.74, 6) is -0.0722. The first kappa shape index (κ1) is 18.6. The van der Waals surface area contributed by atoms with Gasteiger partial charge < -0.3 is 15.0 Å². The second kappa shape index (κ2) is 8.52. The van der Waals surface area contributed by atoms with Gasteiger partial charge in [0.05, 0.1) is 17.4 Å². The molecule has 1 N–H and O–H groups in total. The second-order valence-electron chi connectivity index (χ2n) is 7.36. The van der Waals surface area contributed by atoms with E-state index in [9.17, 15) is 9.59 Å². The van der Waals surface area contributed by atoms with Crippen LogP contribution >= 0.6 is 0 Å². The molecule has 0 unspecified atom stereocenters. The van der Waals surface area contributed by atoms with Crippen molar-refractivity contribution in [3.63, 3.8) is 0 Å². The van der Waals surface area contributed by atoms with Crippen molar-refractivity contribution in [3.8, 4) is 11.3 Å². The Morgan fingerprint density at radius 1 is 1.11 bits per heavy atom. The first-order valence-corrected chi connectivity index (χ1v) is 9.96. The van der Waals surface area contributed by atoms with Crippen LogP contribution in [0, 0.1) is 0 Å². The molecule has 0 spiro atoms. The summed E-state index contributed by atoms with van der Waals surface area (Å²) in [6.07, 6.45) is 5.93. The zero-order valence-corrected chi connectivity index (χ0v) is 15.9. The highest BCUT2D eigenvalue weighted by atomic mass is 16.5. The van der Waals surface area contributed by atoms with Crippen LogP contribution in [0.1, 0.15) is 46.4 Å². The summed E-state index contributed by atoms with van der Waals surface area (Å²) in [7, 11) is 0. The van der Waals surface area contributed by atoms with Crippen molar-refractivity contribution in [1.29, 1.82) is 0 Å². The van der Waals surface area contributed by atoms with Gasteiger partial charge >= 0.3 is 0 Å². The molecule has 1 aromatic heterocycles. The Morgan fingerprint density at radius 3 is 2.68 bits per heavy atom. The molecule has 146 valence electrons. The topological polar surface area (TPSA) is 71.5 Å². The lowest BCUT2D eigenvalue weighted by molar-refractivity contribution is 0.0792. The lowest BCUT2D eigenvalue weighted by atomic mass is 10.1. The zero-order chi connectivity index (χ0) is 19.3. The molecule has 4 rings (SSSR count). The van der Waals surface area contributed by atoms with Crippen LogP contribution in [-0.2, 0) is 4.74 Å². The molecular weight excluding hydrogens is 354 g/mol. The van der Waals surface area contributed by atoms with Gasteiger partial charge in [-0.1, -0.05) is 12.1 Å². The second-order valence-corrected chi connectivity index (χ2v) is 7.36. The van der Waals surface area contributed by atoms with Crippen molar-refractivity contribution < 1.29 is 14.3 Å². The first-order valence-electron chi connectivity index (χ1n) is 9.96. The Balaban J connectivity index is 1.43. The summed E-state index contributed by atoms with van der Waals surface area (Å²) in [4.78, 5) is 31.2. The monoisotopic (exact) mass is 379 g/mol. The number of pyridine rings is 1. The van der Waals surface area contributed by atoms with E-state index in [1.165, 1.54) is 0 Å². The third-order valence-electron chi connectivity index (χ3n) is 5.34. The molecule has 2 aliphatic heterocycles. The number of aromatic nitrogens is 1. The molecule has 2 fully saturated rings. The van der Waals surface area contributed by atoms with E-state index < -0.39 is 0 Å². The number of hydrogen-bond donors (Lipinski definition) is 1. The van der Waals surface area contributed by atoms with Crippen LogP contribution in [0.3, 0.4) is 0 Å².